The lowest BCUT2D eigenvalue weighted by Gasteiger charge is -2.07. The number of carbonyl (C=O) groups excluding carboxylic acids is 1. The van der Waals surface area contributed by atoms with Gasteiger partial charge in [0.05, 0.1) is 28.9 Å². The first-order valence-electron chi connectivity index (χ1n) is 6.14. The number of hydrazone groups is 1. The van der Waals surface area contributed by atoms with Crippen LogP contribution in [0.3, 0.4) is 0 Å². The van der Waals surface area contributed by atoms with Gasteiger partial charge in [-0.15, -0.1) is 0 Å². The highest BCUT2D eigenvalue weighted by molar-refractivity contribution is 9.10. The van der Waals surface area contributed by atoms with Crippen molar-refractivity contribution in [2.45, 2.75) is 0 Å². The van der Waals surface area contributed by atoms with E-state index in [-0.39, 0.29) is 0 Å². The molecule has 0 aliphatic rings. The molecule has 0 fully saturated rings. The van der Waals surface area contributed by atoms with Crippen LogP contribution in [0.15, 0.2) is 46.0 Å². The number of ether oxygens (including phenoxy) is 1. The van der Waals surface area contributed by atoms with E-state index in [0.29, 0.717) is 26.9 Å². The largest absolute Gasteiger partial charge is 0.496 e. The highest BCUT2D eigenvalue weighted by atomic mass is 79.9. The van der Waals surface area contributed by atoms with Crippen LogP contribution in [0.2, 0.25) is 10.0 Å². The van der Waals surface area contributed by atoms with Gasteiger partial charge in [-0.05, 0) is 24.3 Å². The predicted molar refractivity (Wildman–Crippen MR) is 92.2 cm³/mol. The number of nitrogens with one attached hydrogen (secondary N) is 1. The van der Waals surface area contributed by atoms with Gasteiger partial charge in [0, 0.05) is 10.0 Å². The second-order valence-electron chi connectivity index (χ2n) is 4.19. The molecule has 0 saturated carbocycles. The minimum atomic E-state index is -0.396. The van der Waals surface area contributed by atoms with E-state index in [2.05, 4.69) is 26.5 Å². The molecule has 0 unspecified atom stereocenters. The normalized spacial score (nSPS) is 10.7. The lowest BCUT2D eigenvalue weighted by atomic mass is 10.2. The molecule has 0 aliphatic heterocycles. The summed E-state index contributed by atoms with van der Waals surface area (Å²) in [5, 5.41) is 4.69. The maximum Gasteiger partial charge on any atom is 0.275 e. The standard InChI is InChI=1S/C15H11BrCl2N2O2/c1-22-13-6-5-10(16)7-11(13)15(21)20-19-8-9-3-2-4-12(17)14(9)18/h2-8H,1H3,(H,20,21)/b19-8-. The molecule has 0 radical (unpaired) electrons. The number of nitrogens with zero attached hydrogens (tertiary/aromatic N) is 1. The van der Waals surface area contributed by atoms with Crippen LogP contribution >= 0.6 is 39.1 Å². The number of amides is 1. The van der Waals surface area contributed by atoms with E-state index >= 15 is 0 Å². The lowest BCUT2D eigenvalue weighted by molar-refractivity contribution is 0.0952. The fourth-order valence-electron chi connectivity index (χ4n) is 1.70. The summed E-state index contributed by atoms with van der Waals surface area (Å²) in [4.78, 5) is 12.1. The second kappa shape index (κ2) is 7.63. The zero-order valence-electron chi connectivity index (χ0n) is 11.4. The number of rotatable bonds is 4. The fourth-order valence-corrected chi connectivity index (χ4v) is 2.42. The van der Waals surface area contributed by atoms with Gasteiger partial charge in [0.25, 0.3) is 5.91 Å². The number of halogens is 3. The summed E-state index contributed by atoms with van der Waals surface area (Å²) in [7, 11) is 1.50. The summed E-state index contributed by atoms with van der Waals surface area (Å²) in [6.45, 7) is 0. The highest BCUT2D eigenvalue weighted by Crippen LogP contribution is 2.24. The Hall–Kier alpha value is -1.56. The van der Waals surface area contributed by atoms with E-state index in [0.717, 1.165) is 4.47 Å². The summed E-state index contributed by atoms with van der Waals surface area (Å²) in [5.41, 5.74) is 3.40. The summed E-state index contributed by atoms with van der Waals surface area (Å²) >= 11 is 15.2. The Morgan fingerprint density at radius 2 is 2.09 bits per heavy atom. The third kappa shape index (κ3) is 4.00. The van der Waals surface area contributed by atoms with Crippen molar-refractivity contribution in [1.82, 2.24) is 5.43 Å². The molecule has 0 bridgehead atoms. The Morgan fingerprint density at radius 1 is 1.32 bits per heavy atom. The number of hydrogen-bond donors (Lipinski definition) is 1. The number of hydrogen-bond acceptors (Lipinski definition) is 3. The predicted octanol–water partition coefficient (Wildman–Crippen LogP) is 4.53. The van der Waals surface area contributed by atoms with E-state index in [1.54, 1.807) is 36.4 Å². The molecule has 0 aromatic heterocycles. The van der Waals surface area contributed by atoms with Gasteiger partial charge in [-0.3, -0.25) is 4.79 Å². The molecule has 2 rings (SSSR count). The molecule has 2 aromatic rings. The third-order valence-electron chi connectivity index (χ3n) is 2.76. The molecule has 0 heterocycles. The van der Waals surface area contributed by atoms with E-state index in [9.17, 15) is 4.79 Å². The van der Waals surface area contributed by atoms with Crippen LogP contribution in [-0.2, 0) is 0 Å². The summed E-state index contributed by atoms with van der Waals surface area (Å²) in [6.07, 6.45) is 1.43. The van der Waals surface area contributed by atoms with Crippen molar-refractivity contribution in [3.8, 4) is 5.75 Å². The SMILES string of the molecule is COc1ccc(Br)cc1C(=O)N/N=C\c1cccc(Cl)c1Cl. The highest BCUT2D eigenvalue weighted by Gasteiger charge is 2.12. The quantitative estimate of drug-likeness (QED) is 0.604. The van der Waals surface area contributed by atoms with Crippen LogP contribution in [0.4, 0.5) is 0 Å². The van der Waals surface area contributed by atoms with Gasteiger partial charge in [-0.1, -0.05) is 51.3 Å². The Balaban J connectivity index is 2.15. The first-order valence-corrected chi connectivity index (χ1v) is 7.68. The maximum absolute atomic E-state index is 12.1. The van der Waals surface area contributed by atoms with Crippen molar-refractivity contribution in [3.05, 3.63) is 62.0 Å². The summed E-state index contributed by atoms with van der Waals surface area (Å²) < 4.78 is 5.91. The minimum Gasteiger partial charge on any atom is -0.496 e. The molecule has 1 N–H and O–H groups in total. The monoisotopic (exact) mass is 400 g/mol. The molecule has 114 valence electrons. The molecule has 4 nitrogen and oxygen atoms in total. The Kier molecular flexibility index (Phi) is 5.83. The molecular weight excluding hydrogens is 391 g/mol. The maximum atomic E-state index is 12.1. The van der Waals surface area contributed by atoms with Gasteiger partial charge in [0.15, 0.2) is 0 Å². The van der Waals surface area contributed by atoms with Crippen molar-refractivity contribution >= 4 is 51.3 Å². The summed E-state index contributed by atoms with van der Waals surface area (Å²) in [6, 6.07) is 10.3. The number of carbonyl (C=O) groups is 1. The van der Waals surface area contributed by atoms with Crippen molar-refractivity contribution < 1.29 is 9.53 Å². The number of methoxy groups -OCH3 is 1. The van der Waals surface area contributed by atoms with Gasteiger partial charge in [-0.25, -0.2) is 5.43 Å². The van der Waals surface area contributed by atoms with E-state index in [1.807, 2.05) is 0 Å². The van der Waals surface area contributed by atoms with E-state index < -0.39 is 5.91 Å². The molecule has 2 aromatic carbocycles. The minimum absolute atomic E-state index is 0.367. The van der Waals surface area contributed by atoms with Gasteiger partial charge in [0.2, 0.25) is 0 Å². The molecule has 0 saturated heterocycles. The summed E-state index contributed by atoms with van der Waals surface area (Å²) in [5.74, 6) is 0.0595. The van der Waals surface area contributed by atoms with Crippen molar-refractivity contribution in [2.75, 3.05) is 7.11 Å². The molecule has 0 atom stereocenters. The molecule has 7 heteroatoms. The fraction of sp³-hybridized carbons (Fsp3) is 0.0667. The average molecular weight is 402 g/mol. The van der Waals surface area contributed by atoms with Gasteiger partial charge >= 0.3 is 0 Å². The zero-order chi connectivity index (χ0) is 16.1. The van der Waals surface area contributed by atoms with Crippen LogP contribution in [0, 0.1) is 0 Å². The van der Waals surface area contributed by atoms with Gasteiger partial charge in [0.1, 0.15) is 5.75 Å². The van der Waals surface area contributed by atoms with Crippen molar-refractivity contribution in [3.63, 3.8) is 0 Å². The smallest absolute Gasteiger partial charge is 0.275 e. The van der Waals surface area contributed by atoms with Crippen LogP contribution in [-0.4, -0.2) is 19.2 Å². The van der Waals surface area contributed by atoms with Crippen LogP contribution in [0.1, 0.15) is 15.9 Å². The van der Waals surface area contributed by atoms with Crippen molar-refractivity contribution in [1.29, 1.82) is 0 Å². The van der Waals surface area contributed by atoms with Crippen molar-refractivity contribution in [2.24, 2.45) is 5.10 Å². The molecule has 0 spiro atoms. The molecular formula is C15H11BrCl2N2O2. The Bertz CT molecular complexity index is 735. The van der Waals surface area contributed by atoms with E-state index in [4.69, 9.17) is 27.9 Å². The zero-order valence-corrected chi connectivity index (χ0v) is 14.5. The first kappa shape index (κ1) is 16.8. The van der Waals surface area contributed by atoms with Crippen LogP contribution in [0.25, 0.3) is 0 Å². The topological polar surface area (TPSA) is 50.7 Å². The first-order chi connectivity index (χ1) is 10.5. The Labute approximate surface area is 146 Å². The van der Waals surface area contributed by atoms with Gasteiger partial charge < -0.3 is 4.74 Å². The Morgan fingerprint density at radius 3 is 2.82 bits per heavy atom. The van der Waals surface area contributed by atoms with Gasteiger partial charge in [-0.2, -0.15) is 5.10 Å². The third-order valence-corrected chi connectivity index (χ3v) is 4.08. The number of benzene rings is 2. The van der Waals surface area contributed by atoms with Crippen LogP contribution < -0.4 is 10.2 Å². The molecule has 0 aliphatic carbocycles. The molecule has 1 amide bonds. The van der Waals surface area contributed by atoms with E-state index in [1.165, 1.54) is 13.3 Å². The second-order valence-corrected chi connectivity index (χ2v) is 5.89. The average Bonchev–Trinajstić information content (AvgIpc) is 2.51. The van der Waals surface area contributed by atoms with Crippen LogP contribution in [0.5, 0.6) is 5.75 Å². The lowest BCUT2D eigenvalue weighted by Crippen LogP contribution is -2.18. The molecule has 22 heavy (non-hydrogen) atoms.